The van der Waals surface area contributed by atoms with E-state index in [-0.39, 0.29) is 22.9 Å². The van der Waals surface area contributed by atoms with E-state index in [2.05, 4.69) is 20.8 Å². The van der Waals surface area contributed by atoms with Crippen LogP contribution < -0.4 is 4.57 Å². The van der Waals surface area contributed by atoms with Gasteiger partial charge in [-0.3, -0.25) is 0 Å². The first-order valence-corrected chi connectivity index (χ1v) is 7.57. The van der Waals surface area contributed by atoms with Crippen molar-refractivity contribution in [2.75, 3.05) is 0 Å². The van der Waals surface area contributed by atoms with Crippen molar-refractivity contribution in [3.05, 3.63) is 30.6 Å². The van der Waals surface area contributed by atoms with E-state index < -0.39 is 0 Å². The molecule has 0 spiro atoms. The second kappa shape index (κ2) is 4.57. The predicted octanol–water partition coefficient (Wildman–Crippen LogP) is 2.73. The number of carbonyl (C=O) groups excluding carboxylic acids is 1. The standard InChI is InChI=1S/C17H24NO2/c1-16(2)13-7-8-17(16,3)14(11-13)20-15(19)12-18-9-5-4-6-10-18/h4-6,9-10,13-14H,7-8,11-12H2,1-3H3/q+1/t13-,14-,17+/m1/s1. The van der Waals surface area contributed by atoms with E-state index in [1.165, 1.54) is 12.8 Å². The highest BCUT2D eigenvalue weighted by Gasteiger charge is 2.62. The molecule has 0 unspecified atom stereocenters. The molecule has 2 fully saturated rings. The maximum Gasteiger partial charge on any atom is 0.372 e. The molecule has 2 aliphatic carbocycles. The monoisotopic (exact) mass is 274 g/mol. The Morgan fingerprint density at radius 3 is 2.50 bits per heavy atom. The van der Waals surface area contributed by atoms with Gasteiger partial charge in [0.05, 0.1) is 0 Å². The molecule has 20 heavy (non-hydrogen) atoms. The van der Waals surface area contributed by atoms with E-state index in [9.17, 15) is 4.79 Å². The fraction of sp³-hybridized carbons (Fsp3) is 0.647. The Bertz CT molecular complexity index is 511. The van der Waals surface area contributed by atoms with Gasteiger partial charge in [-0.25, -0.2) is 4.79 Å². The first kappa shape index (κ1) is 13.6. The summed E-state index contributed by atoms with van der Waals surface area (Å²) < 4.78 is 7.69. The predicted molar refractivity (Wildman–Crippen MR) is 75.7 cm³/mol. The number of carbonyl (C=O) groups is 1. The molecule has 0 N–H and O–H groups in total. The second-order valence-electron chi connectivity index (χ2n) is 7.14. The van der Waals surface area contributed by atoms with Crippen LogP contribution in [0, 0.1) is 16.7 Å². The smallest absolute Gasteiger partial charge is 0.372 e. The largest absolute Gasteiger partial charge is 0.457 e. The lowest BCUT2D eigenvalue weighted by Crippen LogP contribution is -2.42. The van der Waals surface area contributed by atoms with Crippen molar-refractivity contribution in [2.45, 2.75) is 52.7 Å². The lowest BCUT2D eigenvalue weighted by Gasteiger charge is -2.38. The van der Waals surface area contributed by atoms with Crippen LogP contribution in [0.15, 0.2) is 30.6 Å². The van der Waals surface area contributed by atoms with Crippen molar-refractivity contribution in [3.8, 4) is 0 Å². The zero-order valence-corrected chi connectivity index (χ0v) is 12.6. The van der Waals surface area contributed by atoms with Gasteiger partial charge in [0.15, 0.2) is 12.4 Å². The highest BCUT2D eigenvalue weighted by atomic mass is 16.5. The van der Waals surface area contributed by atoms with Crippen LogP contribution in [0.25, 0.3) is 0 Å². The van der Waals surface area contributed by atoms with E-state index in [1.807, 2.05) is 35.2 Å². The summed E-state index contributed by atoms with van der Waals surface area (Å²) >= 11 is 0. The number of rotatable bonds is 3. The maximum absolute atomic E-state index is 12.2. The fourth-order valence-corrected chi connectivity index (χ4v) is 4.19. The van der Waals surface area contributed by atoms with Crippen molar-refractivity contribution >= 4 is 5.97 Å². The molecule has 0 amide bonds. The van der Waals surface area contributed by atoms with Gasteiger partial charge in [-0.05, 0) is 30.6 Å². The SMILES string of the molecule is CC1(C)[C@@H]2CC[C@@]1(C)[C@H](OC(=O)C[n+]1ccccc1)C2. The first-order valence-electron chi connectivity index (χ1n) is 7.57. The molecule has 2 saturated carbocycles. The Kier molecular flexibility index (Phi) is 3.11. The second-order valence-corrected chi connectivity index (χ2v) is 7.14. The van der Waals surface area contributed by atoms with Gasteiger partial charge in [0.1, 0.15) is 6.10 Å². The van der Waals surface area contributed by atoms with Crippen LogP contribution in [0.1, 0.15) is 40.0 Å². The molecule has 2 bridgehead atoms. The Hall–Kier alpha value is -1.38. The van der Waals surface area contributed by atoms with Gasteiger partial charge in [0.25, 0.3) is 0 Å². The van der Waals surface area contributed by atoms with Crippen molar-refractivity contribution in [1.29, 1.82) is 0 Å². The third-order valence-corrected chi connectivity index (χ3v) is 6.08. The minimum absolute atomic E-state index is 0.0908. The number of hydrogen-bond donors (Lipinski definition) is 0. The summed E-state index contributed by atoms with van der Waals surface area (Å²) in [7, 11) is 0. The van der Waals surface area contributed by atoms with Crippen molar-refractivity contribution in [2.24, 2.45) is 16.7 Å². The van der Waals surface area contributed by atoms with E-state index in [0.717, 1.165) is 6.42 Å². The van der Waals surface area contributed by atoms with Gasteiger partial charge in [0, 0.05) is 17.5 Å². The normalized spacial score (nSPS) is 34.1. The van der Waals surface area contributed by atoms with Gasteiger partial charge in [-0.1, -0.05) is 26.8 Å². The van der Waals surface area contributed by atoms with Crippen molar-refractivity contribution < 1.29 is 14.1 Å². The number of esters is 1. The number of fused-ring (bicyclic) bond motifs is 2. The quantitative estimate of drug-likeness (QED) is 0.626. The molecule has 2 aliphatic rings. The van der Waals surface area contributed by atoms with Crippen LogP contribution in [0.2, 0.25) is 0 Å². The van der Waals surface area contributed by atoms with Crippen LogP contribution in [-0.2, 0) is 16.1 Å². The summed E-state index contributed by atoms with van der Waals surface area (Å²) in [6, 6.07) is 5.80. The van der Waals surface area contributed by atoms with Crippen LogP contribution in [0.3, 0.4) is 0 Å². The molecule has 1 aromatic rings. The van der Waals surface area contributed by atoms with Crippen LogP contribution >= 0.6 is 0 Å². The van der Waals surface area contributed by atoms with Gasteiger partial charge < -0.3 is 4.74 Å². The molecule has 3 heteroatoms. The molecule has 108 valence electrons. The summed E-state index contributed by atoms with van der Waals surface area (Å²) in [5, 5.41) is 0. The van der Waals surface area contributed by atoms with Crippen LogP contribution in [0.5, 0.6) is 0 Å². The molecule has 3 rings (SSSR count). The van der Waals surface area contributed by atoms with Crippen molar-refractivity contribution in [3.63, 3.8) is 0 Å². The Morgan fingerprint density at radius 2 is 1.95 bits per heavy atom. The summed E-state index contributed by atoms with van der Waals surface area (Å²) in [5.74, 6) is 0.588. The molecular formula is C17H24NO2+. The first-order chi connectivity index (χ1) is 9.43. The van der Waals surface area contributed by atoms with Crippen LogP contribution in [-0.4, -0.2) is 12.1 Å². The number of hydrogen-bond acceptors (Lipinski definition) is 2. The molecule has 1 heterocycles. The van der Waals surface area contributed by atoms with E-state index in [0.29, 0.717) is 12.5 Å². The van der Waals surface area contributed by atoms with E-state index in [4.69, 9.17) is 4.74 Å². The van der Waals surface area contributed by atoms with Crippen LogP contribution in [0.4, 0.5) is 0 Å². The average molecular weight is 274 g/mol. The minimum Gasteiger partial charge on any atom is -0.457 e. The molecule has 0 aromatic carbocycles. The average Bonchev–Trinajstić information content (AvgIpc) is 2.73. The van der Waals surface area contributed by atoms with Gasteiger partial charge >= 0.3 is 5.97 Å². The zero-order chi connectivity index (χ0) is 14.4. The number of ether oxygens (including phenoxy) is 1. The molecule has 1 aromatic heterocycles. The van der Waals surface area contributed by atoms with Gasteiger partial charge in [0.2, 0.25) is 6.54 Å². The molecule has 0 aliphatic heterocycles. The lowest BCUT2D eigenvalue weighted by molar-refractivity contribution is -0.686. The Morgan fingerprint density at radius 1 is 1.25 bits per heavy atom. The molecule has 0 radical (unpaired) electrons. The third kappa shape index (κ3) is 1.95. The van der Waals surface area contributed by atoms with Crippen molar-refractivity contribution in [1.82, 2.24) is 0 Å². The van der Waals surface area contributed by atoms with E-state index >= 15 is 0 Å². The highest BCUT2D eigenvalue weighted by Crippen LogP contribution is 2.66. The Balaban J connectivity index is 1.66. The third-order valence-electron chi connectivity index (χ3n) is 6.08. The summed E-state index contributed by atoms with van der Waals surface area (Å²) in [6.07, 6.45) is 7.38. The number of aromatic nitrogens is 1. The topological polar surface area (TPSA) is 30.2 Å². The minimum atomic E-state index is -0.115. The highest BCUT2D eigenvalue weighted by molar-refractivity contribution is 5.68. The molecular weight excluding hydrogens is 250 g/mol. The zero-order valence-electron chi connectivity index (χ0n) is 12.6. The number of nitrogens with zero attached hydrogens (tertiary/aromatic N) is 1. The van der Waals surface area contributed by atoms with Gasteiger partial charge in [-0.2, -0.15) is 4.57 Å². The summed E-state index contributed by atoms with van der Waals surface area (Å²) in [6.45, 7) is 7.28. The lowest BCUT2D eigenvalue weighted by atomic mass is 9.70. The maximum atomic E-state index is 12.2. The Labute approximate surface area is 121 Å². The molecule has 3 atom stereocenters. The summed E-state index contributed by atoms with van der Waals surface area (Å²) in [5.41, 5.74) is 0.437. The molecule has 0 saturated heterocycles. The van der Waals surface area contributed by atoms with E-state index in [1.54, 1.807) is 0 Å². The fourth-order valence-electron chi connectivity index (χ4n) is 4.19. The molecule has 3 nitrogen and oxygen atoms in total. The summed E-state index contributed by atoms with van der Waals surface area (Å²) in [4.78, 5) is 12.2. The van der Waals surface area contributed by atoms with Gasteiger partial charge in [-0.15, -0.1) is 0 Å². The number of pyridine rings is 1.